The van der Waals surface area contributed by atoms with Crippen LogP contribution < -0.4 is 5.32 Å². The van der Waals surface area contributed by atoms with E-state index in [-0.39, 0.29) is 6.61 Å². The number of carbonyl (C=O) groups excluding carboxylic acids is 2. The van der Waals surface area contributed by atoms with Crippen molar-refractivity contribution in [3.63, 3.8) is 0 Å². The minimum Gasteiger partial charge on any atom is -0.463 e. The third-order valence-corrected chi connectivity index (χ3v) is 4.68. The molecule has 0 bridgehead atoms. The Morgan fingerprint density at radius 2 is 1.81 bits per heavy atom. The highest BCUT2D eigenvalue weighted by Crippen LogP contribution is 2.31. The van der Waals surface area contributed by atoms with E-state index in [1.807, 2.05) is 55.5 Å². The minimum atomic E-state index is -1.78. The molecule has 0 saturated heterocycles. The molecule has 1 atom stereocenters. The van der Waals surface area contributed by atoms with Gasteiger partial charge < -0.3 is 14.5 Å². The lowest BCUT2D eigenvalue weighted by Crippen LogP contribution is -2.53. The molecule has 0 fully saturated rings. The van der Waals surface area contributed by atoms with Crippen LogP contribution in [0.3, 0.4) is 0 Å². The van der Waals surface area contributed by atoms with Gasteiger partial charge in [-0.05, 0) is 58.9 Å². The molecule has 1 heterocycles. The standard InChI is InChI=1S/C26H28N2O4/c1-6-31-23(29)26(28-24(30)32-25(3,4)5,15-14-19-10-8-7-9-11-19)21-17-27-22-13-12-18(2)16-20(21)22/h7-13,16-17,27H,6H2,1-5H3,(H,28,30). The lowest BCUT2D eigenvalue weighted by Gasteiger charge is -2.29. The first-order chi connectivity index (χ1) is 15.1. The predicted octanol–water partition coefficient (Wildman–Crippen LogP) is 4.81. The number of rotatable bonds is 4. The van der Waals surface area contributed by atoms with Gasteiger partial charge in [-0.3, -0.25) is 5.32 Å². The summed E-state index contributed by atoms with van der Waals surface area (Å²) >= 11 is 0. The van der Waals surface area contributed by atoms with Crippen LogP contribution in [0.15, 0.2) is 54.7 Å². The summed E-state index contributed by atoms with van der Waals surface area (Å²) in [6, 6.07) is 15.1. The molecule has 0 radical (unpaired) electrons. The summed E-state index contributed by atoms with van der Waals surface area (Å²) in [6.45, 7) is 9.06. The summed E-state index contributed by atoms with van der Waals surface area (Å²) in [7, 11) is 0. The van der Waals surface area contributed by atoms with Crippen molar-refractivity contribution >= 4 is 23.0 Å². The van der Waals surface area contributed by atoms with Crippen molar-refractivity contribution in [2.75, 3.05) is 6.61 Å². The molecule has 1 unspecified atom stereocenters. The molecule has 166 valence electrons. The number of benzene rings is 2. The molecular weight excluding hydrogens is 404 g/mol. The number of H-pyrrole nitrogens is 1. The van der Waals surface area contributed by atoms with Gasteiger partial charge in [-0.1, -0.05) is 41.7 Å². The number of nitrogens with one attached hydrogen (secondary N) is 2. The quantitative estimate of drug-likeness (QED) is 0.458. The van der Waals surface area contributed by atoms with E-state index >= 15 is 0 Å². The molecule has 3 rings (SSSR count). The van der Waals surface area contributed by atoms with Gasteiger partial charge in [-0.2, -0.15) is 0 Å². The molecular formula is C26H28N2O4. The Kier molecular flexibility index (Phi) is 6.59. The number of aromatic nitrogens is 1. The fraction of sp³-hybridized carbons (Fsp3) is 0.308. The second-order valence-corrected chi connectivity index (χ2v) is 8.46. The Hall–Kier alpha value is -3.72. The summed E-state index contributed by atoms with van der Waals surface area (Å²) in [5, 5.41) is 3.49. The normalized spacial score (nSPS) is 12.9. The van der Waals surface area contributed by atoms with Crippen LogP contribution in [0.4, 0.5) is 4.79 Å². The Balaban J connectivity index is 2.24. The minimum absolute atomic E-state index is 0.130. The second kappa shape index (κ2) is 9.19. The van der Waals surface area contributed by atoms with Crippen molar-refractivity contribution in [3.8, 4) is 11.8 Å². The predicted molar refractivity (Wildman–Crippen MR) is 124 cm³/mol. The zero-order chi connectivity index (χ0) is 23.4. The Bertz CT molecular complexity index is 1180. The van der Waals surface area contributed by atoms with E-state index in [0.717, 1.165) is 16.5 Å². The van der Waals surface area contributed by atoms with Crippen molar-refractivity contribution in [1.29, 1.82) is 0 Å². The Morgan fingerprint density at radius 3 is 2.47 bits per heavy atom. The summed E-state index contributed by atoms with van der Waals surface area (Å²) in [4.78, 5) is 29.4. The van der Waals surface area contributed by atoms with Crippen LogP contribution in [0, 0.1) is 18.8 Å². The maximum Gasteiger partial charge on any atom is 0.409 e. The highest BCUT2D eigenvalue weighted by atomic mass is 16.6. The van der Waals surface area contributed by atoms with Gasteiger partial charge in [0.2, 0.25) is 5.54 Å². The molecule has 0 aliphatic heterocycles. The molecule has 0 aliphatic rings. The van der Waals surface area contributed by atoms with Gasteiger partial charge in [0.15, 0.2) is 0 Å². The highest BCUT2D eigenvalue weighted by molar-refractivity contribution is 5.97. The molecule has 6 heteroatoms. The summed E-state index contributed by atoms with van der Waals surface area (Å²) in [5.41, 5.74) is 0.470. The van der Waals surface area contributed by atoms with E-state index in [9.17, 15) is 9.59 Å². The maximum atomic E-state index is 13.4. The first-order valence-corrected chi connectivity index (χ1v) is 10.5. The fourth-order valence-electron chi connectivity index (χ4n) is 3.31. The number of ether oxygens (including phenoxy) is 2. The lowest BCUT2D eigenvalue weighted by atomic mass is 9.89. The highest BCUT2D eigenvalue weighted by Gasteiger charge is 2.45. The topological polar surface area (TPSA) is 80.4 Å². The second-order valence-electron chi connectivity index (χ2n) is 8.46. The smallest absolute Gasteiger partial charge is 0.409 e. The van der Waals surface area contributed by atoms with E-state index in [1.165, 1.54) is 0 Å². The Labute approximate surface area is 188 Å². The number of hydrogen-bond donors (Lipinski definition) is 2. The van der Waals surface area contributed by atoms with Crippen LogP contribution in [-0.4, -0.2) is 29.3 Å². The monoisotopic (exact) mass is 432 g/mol. The lowest BCUT2D eigenvalue weighted by molar-refractivity contribution is -0.149. The van der Waals surface area contributed by atoms with Crippen molar-refractivity contribution in [2.24, 2.45) is 0 Å². The average molecular weight is 433 g/mol. The van der Waals surface area contributed by atoms with Crippen molar-refractivity contribution in [2.45, 2.75) is 45.8 Å². The van der Waals surface area contributed by atoms with E-state index in [4.69, 9.17) is 9.47 Å². The molecule has 0 saturated carbocycles. The number of alkyl carbamates (subject to hydrolysis) is 1. The number of aromatic amines is 1. The van der Waals surface area contributed by atoms with Crippen LogP contribution in [0.5, 0.6) is 0 Å². The number of hydrogen-bond acceptors (Lipinski definition) is 4. The average Bonchev–Trinajstić information content (AvgIpc) is 3.14. The molecule has 1 aromatic heterocycles. The third-order valence-electron chi connectivity index (χ3n) is 4.68. The Morgan fingerprint density at radius 1 is 1.09 bits per heavy atom. The van der Waals surface area contributed by atoms with E-state index in [1.54, 1.807) is 33.9 Å². The van der Waals surface area contributed by atoms with Gasteiger partial charge in [-0.15, -0.1) is 0 Å². The van der Waals surface area contributed by atoms with Crippen LogP contribution in [0.2, 0.25) is 0 Å². The fourth-order valence-corrected chi connectivity index (χ4v) is 3.31. The number of esters is 1. The molecule has 32 heavy (non-hydrogen) atoms. The number of aryl methyl sites for hydroxylation is 1. The van der Waals surface area contributed by atoms with Gasteiger partial charge in [0, 0.05) is 28.2 Å². The molecule has 6 nitrogen and oxygen atoms in total. The third kappa shape index (κ3) is 5.12. The largest absolute Gasteiger partial charge is 0.463 e. The molecule has 0 aliphatic carbocycles. The van der Waals surface area contributed by atoms with Crippen molar-refractivity contribution in [1.82, 2.24) is 10.3 Å². The van der Waals surface area contributed by atoms with Crippen molar-refractivity contribution in [3.05, 3.63) is 71.4 Å². The van der Waals surface area contributed by atoms with E-state index in [2.05, 4.69) is 22.1 Å². The molecule has 3 aromatic rings. The number of amides is 1. The van der Waals surface area contributed by atoms with Crippen LogP contribution >= 0.6 is 0 Å². The van der Waals surface area contributed by atoms with Crippen molar-refractivity contribution < 1.29 is 19.1 Å². The van der Waals surface area contributed by atoms with Gasteiger partial charge in [0.1, 0.15) is 5.60 Å². The zero-order valence-corrected chi connectivity index (χ0v) is 19.0. The van der Waals surface area contributed by atoms with Crippen LogP contribution in [-0.2, 0) is 19.8 Å². The van der Waals surface area contributed by atoms with Gasteiger partial charge in [-0.25, -0.2) is 9.59 Å². The van der Waals surface area contributed by atoms with Gasteiger partial charge in [0.25, 0.3) is 0 Å². The van der Waals surface area contributed by atoms with Crippen LogP contribution in [0.25, 0.3) is 10.9 Å². The van der Waals surface area contributed by atoms with E-state index in [0.29, 0.717) is 11.1 Å². The maximum absolute atomic E-state index is 13.4. The number of carbonyl (C=O) groups is 2. The summed E-state index contributed by atoms with van der Waals surface area (Å²) < 4.78 is 10.9. The van der Waals surface area contributed by atoms with Gasteiger partial charge >= 0.3 is 12.1 Å². The van der Waals surface area contributed by atoms with E-state index < -0.39 is 23.2 Å². The van der Waals surface area contributed by atoms with Crippen LogP contribution in [0.1, 0.15) is 44.4 Å². The first-order valence-electron chi connectivity index (χ1n) is 10.5. The molecule has 2 aromatic carbocycles. The number of fused-ring (bicyclic) bond motifs is 1. The summed E-state index contributed by atoms with van der Waals surface area (Å²) in [5.74, 6) is 5.35. The first kappa shape index (κ1) is 23.0. The molecule has 1 amide bonds. The summed E-state index contributed by atoms with van der Waals surface area (Å²) in [6.07, 6.45) is 0.910. The SMILES string of the molecule is CCOC(=O)C(C#Cc1ccccc1)(NC(=O)OC(C)(C)C)c1c[nH]c2ccc(C)cc12. The van der Waals surface area contributed by atoms with Gasteiger partial charge in [0.05, 0.1) is 6.61 Å². The molecule has 2 N–H and O–H groups in total. The molecule has 0 spiro atoms. The zero-order valence-electron chi connectivity index (χ0n) is 19.0.